The van der Waals surface area contributed by atoms with Gasteiger partial charge in [0.25, 0.3) is 0 Å². The van der Waals surface area contributed by atoms with E-state index in [-0.39, 0.29) is 17.5 Å². The van der Waals surface area contributed by atoms with Crippen LogP contribution in [0.1, 0.15) is 42.5 Å². The fraction of sp³-hybridized carbons (Fsp3) is 0.286. The Kier molecular flexibility index (Phi) is 6.05. The second-order valence-corrected chi connectivity index (χ2v) is 9.59. The van der Waals surface area contributed by atoms with Crippen molar-refractivity contribution in [2.24, 2.45) is 0 Å². The van der Waals surface area contributed by atoms with Crippen molar-refractivity contribution in [1.82, 2.24) is 0 Å². The molecule has 0 amide bonds. The van der Waals surface area contributed by atoms with Gasteiger partial charge in [0.05, 0.1) is 6.26 Å². The van der Waals surface area contributed by atoms with E-state index in [1.54, 1.807) is 29.5 Å². The van der Waals surface area contributed by atoms with Crippen LogP contribution in [0.15, 0.2) is 59.2 Å². The Morgan fingerprint density at radius 1 is 1.25 bits per heavy atom. The highest BCUT2D eigenvalue weighted by Crippen LogP contribution is 2.42. The van der Waals surface area contributed by atoms with E-state index < -0.39 is 10.0 Å². The smallest absolute Gasteiger partial charge is 0.229 e. The maximum absolute atomic E-state index is 12.6. The number of carbonyl (C=O) groups excluding carboxylic acids is 1. The Morgan fingerprint density at radius 3 is 2.54 bits per heavy atom. The van der Waals surface area contributed by atoms with Crippen molar-refractivity contribution >= 4 is 38.4 Å². The van der Waals surface area contributed by atoms with Crippen molar-refractivity contribution in [2.75, 3.05) is 11.0 Å². The lowest BCUT2D eigenvalue weighted by Gasteiger charge is -2.25. The summed E-state index contributed by atoms with van der Waals surface area (Å²) in [6.45, 7) is 1.95. The molecule has 148 valence electrons. The van der Waals surface area contributed by atoms with Crippen molar-refractivity contribution < 1.29 is 18.3 Å². The quantitative estimate of drug-likeness (QED) is 0.673. The predicted molar refractivity (Wildman–Crippen MR) is 114 cm³/mol. The molecule has 1 aromatic carbocycles. The highest BCUT2D eigenvalue weighted by atomic mass is 32.2. The summed E-state index contributed by atoms with van der Waals surface area (Å²) >= 11 is 1.58. The number of nitrogens with one attached hydrogen (secondary N) is 1. The van der Waals surface area contributed by atoms with Crippen LogP contribution < -0.4 is 4.72 Å². The van der Waals surface area contributed by atoms with Crippen LogP contribution in [-0.4, -0.2) is 25.6 Å². The first kappa shape index (κ1) is 20.4. The van der Waals surface area contributed by atoms with Crippen LogP contribution in [0, 0.1) is 0 Å². The second-order valence-electron chi connectivity index (χ2n) is 6.87. The number of thiophene rings is 1. The molecule has 0 saturated heterocycles. The molecule has 2 N–H and O–H groups in total. The minimum atomic E-state index is -3.33. The van der Waals surface area contributed by atoms with Gasteiger partial charge >= 0.3 is 0 Å². The maximum Gasteiger partial charge on any atom is 0.229 e. The second kappa shape index (κ2) is 8.32. The van der Waals surface area contributed by atoms with E-state index in [9.17, 15) is 18.3 Å². The fourth-order valence-corrected chi connectivity index (χ4v) is 4.80. The van der Waals surface area contributed by atoms with Gasteiger partial charge in [0, 0.05) is 28.5 Å². The van der Waals surface area contributed by atoms with Crippen molar-refractivity contribution in [3.8, 4) is 0 Å². The highest BCUT2D eigenvalue weighted by molar-refractivity contribution is 7.92. The summed E-state index contributed by atoms with van der Waals surface area (Å²) in [6, 6.07) is 11.0. The Hall–Kier alpha value is -2.38. The summed E-state index contributed by atoms with van der Waals surface area (Å²) in [6.07, 6.45) is 4.52. The van der Waals surface area contributed by atoms with E-state index in [4.69, 9.17) is 0 Å². The molecule has 0 aliphatic heterocycles. The molecule has 1 aliphatic rings. The van der Waals surface area contributed by atoms with E-state index in [1.165, 1.54) is 0 Å². The lowest BCUT2D eigenvalue weighted by atomic mass is 9.80. The van der Waals surface area contributed by atoms with Gasteiger partial charge in [-0.15, -0.1) is 11.3 Å². The molecule has 3 rings (SSSR count). The number of benzene rings is 1. The molecular formula is C21H23NO4S2. The number of hydrogen-bond donors (Lipinski definition) is 2. The number of aliphatic hydroxyl groups is 1. The summed E-state index contributed by atoms with van der Waals surface area (Å²) in [7, 11) is -3.33. The number of sulfonamides is 1. The maximum atomic E-state index is 12.6. The number of rotatable bonds is 7. The van der Waals surface area contributed by atoms with Gasteiger partial charge in [-0.1, -0.05) is 25.1 Å². The molecular weight excluding hydrogens is 394 g/mol. The largest absolute Gasteiger partial charge is 0.508 e. The van der Waals surface area contributed by atoms with Crippen LogP contribution in [0.5, 0.6) is 0 Å². The molecule has 1 aliphatic carbocycles. The van der Waals surface area contributed by atoms with E-state index >= 15 is 0 Å². The lowest BCUT2D eigenvalue weighted by molar-refractivity contribution is -0.116. The molecule has 0 fully saturated rings. The molecule has 1 heterocycles. The van der Waals surface area contributed by atoms with Gasteiger partial charge in [-0.05, 0) is 53.6 Å². The first-order chi connectivity index (χ1) is 13.3. The van der Waals surface area contributed by atoms with Gasteiger partial charge in [-0.2, -0.15) is 0 Å². The normalized spacial score (nSPS) is 17.4. The summed E-state index contributed by atoms with van der Waals surface area (Å²) < 4.78 is 25.2. The lowest BCUT2D eigenvalue weighted by Crippen LogP contribution is -2.17. The summed E-state index contributed by atoms with van der Waals surface area (Å²) in [5.74, 6) is -0.161. The summed E-state index contributed by atoms with van der Waals surface area (Å²) in [5, 5.41) is 12.6. The van der Waals surface area contributed by atoms with Crippen LogP contribution in [0.25, 0.3) is 5.57 Å². The molecule has 1 aromatic heterocycles. The third-order valence-corrected chi connectivity index (χ3v) is 6.17. The molecule has 28 heavy (non-hydrogen) atoms. The number of anilines is 1. The van der Waals surface area contributed by atoms with Gasteiger partial charge < -0.3 is 5.11 Å². The zero-order valence-electron chi connectivity index (χ0n) is 15.8. The number of Topliss-reactive ketones (excluding diaryl/α,β-unsaturated/α-hetero) is 1. The van der Waals surface area contributed by atoms with Crippen LogP contribution in [0.4, 0.5) is 5.69 Å². The topological polar surface area (TPSA) is 83.5 Å². The third-order valence-electron chi connectivity index (χ3n) is 4.58. The van der Waals surface area contributed by atoms with Crippen molar-refractivity contribution in [3.63, 3.8) is 0 Å². The summed E-state index contributed by atoms with van der Waals surface area (Å²) in [4.78, 5) is 13.7. The van der Waals surface area contributed by atoms with Gasteiger partial charge in [0.15, 0.2) is 5.78 Å². The minimum absolute atomic E-state index is 0.0126. The number of carbonyl (C=O) groups is 1. The van der Waals surface area contributed by atoms with E-state index in [2.05, 4.69) is 4.72 Å². The average molecular weight is 418 g/mol. The first-order valence-corrected chi connectivity index (χ1v) is 11.8. The number of allylic oxidation sites excluding steroid dienone is 3. The van der Waals surface area contributed by atoms with E-state index in [0.717, 1.165) is 28.7 Å². The van der Waals surface area contributed by atoms with Gasteiger partial charge in [0.2, 0.25) is 10.0 Å². The minimum Gasteiger partial charge on any atom is -0.508 e. The molecule has 0 unspecified atom stereocenters. The zero-order chi connectivity index (χ0) is 20.3. The molecule has 0 bridgehead atoms. The molecule has 5 nitrogen and oxygen atoms in total. The third kappa shape index (κ3) is 4.72. The number of ketones is 1. The van der Waals surface area contributed by atoms with Gasteiger partial charge in [-0.3, -0.25) is 9.52 Å². The fourth-order valence-electron chi connectivity index (χ4n) is 3.40. The Labute approximate surface area is 169 Å². The number of hydrogen-bond acceptors (Lipinski definition) is 5. The van der Waals surface area contributed by atoms with E-state index in [1.807, 2.05) is 36.6 Å². The van der Waals surface area contributed by atoms with Crippen molar-refractivity contribution in [2.45, 2.75) is 32.1 Å². The molecule has 2 aromatic rings. The predicted octanol–water partition coefficient (Wildman–Crippen LogP) is 4.87. The molecule has 1 atom stereocenters. The Morgan fingerprint density at radius 2 is 1.96 bits per heavy atom. The first-order valence-electron chi connectivity index (χ1n) is 9.07. The van der Waals surface area contributed by atoms with Crippen molar-refractivity contribution in [1.29, 1.82) is 0 Å². The summed E-state index contributed by atoms with van der Waals surface area (Å²) in [5.41, 5.74) is 2.77. The van der Waals surface area contributed by atoms with Gasteiger partial charge in [-0.25, -0.2) is 8.42 Å². The van der Waals surface area contributed by atoms with Crippen molar-refractivity contribution in [3.05, 3.63) is 69.6 Å². The SMILES string of the molecule is CCCC(=O)C1=C(O)C=C(c2ccc(NS(C)(=O)=O)cc2)C[C@H]1c1cccs1. The van der Waals surface area contributed by atoms with Crippen LogP contribution in [-0.2, 0) is 14.8 Å². The van der Waals surface area contributed by atoms with Crippen LogP contribution >= 0.6 is 11.3 Å². The van der Waals surface area contributed by atoms with Crippen LogP contribution in [0.2, 0.25) is 0 Å². The highest BCUT2D eigenvalue weighted by Gasteiger charge is 2.30. The molecule has 0 radical (unpaired) electrons. The number of aliphatic hydroxyl groups excluding tert-OH is 1. The van der Waals surface area contributed by atoms with E-state index in [0.29, 0.717) is 24.1 Å². The van der Waals surface area contributed by atoms with Crippen LogP contribution in [0.3, 0.4) is 0 Å². The molecule has 0 spiro atoms. The van der Waals surface area contributed by atoms with Gasteiger partial charge in [0.1, 0.15) is 5.76 Å². The molecule has 0 saturated carbocycles. The molecule has 7 heteroatoms. The monoisotopic (exact) mass is 417 g/mol. The zero-order valence-corrected chi connectivity index (χ0v) is 17.4. The Balaban J connectivity index is 1.96. The average Bonchev–Trinajstić information content (AvgIpc) is 3.15. The standard InChI is InChI=1S/C21H23NO4S2/c1-3-5-18(23)21-17(20-6-4-11-27-20)12-15(13-19(21)24)14-7-9-16(10-8-14)22-28(2,25)26/h4,6-11,13,17,22,24H,3,5,12H2,1-2H3/t17-/m0/s1. The Bertz CT molecular complexity index is 1020.